The van der Waals surface area contributed by atoms with E-state index in [1.807, 2.05) is 37.4 Å². The second kappa shape index (κ2) is 5.57. The van der Waals surface area contributed by atoms with Gasteiger partial charge < -0.3 is 5.32 Å². The van der Waals surface area contributed by atoms with Crippen LogP contribution in [0, 0.1) is 0 Å². The lowest BCUT2D eigenvalue weighted by molar-refractivity contribution is 0.500. The predicted molar refractivity (Wildman–Crippen MR) is 80.6 cm³/mol. The molecule has 0 bridgehead atoms. The summed E-state index contributed by atoms with van der Waals surface area (Å²) in [5.41, 5.74) is 0.962. The van der Waals surface area contributed by atoms with E-state index < -0.39 is 9.84 Å². The zero-order chi connectivity index (χ0) is 14.9. The highest BCUT2D eigenvalue weighted by Gasteiger charge is 2.25. The van der Waals surface area contributed by atoms with Crippen molar-refractivity contribution < 1.29 is 8.42 Å². The van der Waals surface area contributed by atoms with Gasteiger partial charge in [-0.25, -0.2) is 13.4 Å². The number of aryl methyl sites for hydroxylation is 1. The lowest BCUT2D eigenvalue weighted by Crippen LogP contribution is -2.46. The van der Waals surface area contributed by atoms with Crippen molar-refractivity contribution in [3.05, 3.63) is 36.2 Å². The Labute approximate surface area is 124 Å². The van der Waals surface area contributed by atoms with E-state index in [1.165, 1.54) is 0 Å². The summed E-state index contributed by atoms with van der Waals surface area (Å²) in [6, 6.07) is 9.67. The van der Waals surface area contributed by atoms with E-state index in [2.05, 4.69) is 15.4 Å². The molecule has 1 aromatic carbocycles. The van der Waals surface area contributed by atoms with Gasteiger partial charge in [-0.2, -0.15) is 5.10 Å². The number of benzene rings is 1. The number of sulfone groups is 1. The Kier molecular flexibility index (Phi) is 3.77. The van der Waals surface area contributed by atoms with Crippen molar-refractivity contribution >= 4 is 9.84 Å². The third-order valence-corrected chi connectivity index (χ3v) is 5.35. The molecular formula is C14H18N4O2S. The van der Waals surface area contributed by atoms with Crippen molar-refractivity contribution in [1.29, 1.82) is 0 Å². The highest BCUT2D eigenvalue weighted by Crippen LogP contribution is 2.16. The van der Waals surface area contributed by atoms with Crippen LogP contribution in [0.4, 0.5) is 0 Å². The predicted octanol–water partition coefficient (Wildman–Crippen LogP) is 0.411. The van der Waals surface area contributed by atoms with Gasteiger partial charge in [0.25, 0.3) is 0 Å². The fourth-order valence-corrected chi connectivity index (χ4v) is 3.97. The van der Waals surface area contributed by atoms with Crippen molar-refractivity contribution in [2.24, 2.45) is 7.05 Å². The van der Waals surface area contributed by atoms with Crippen molar-refractivity contribution in [3.8, 4) is 11.4 Å². The topological polar surface area (TPSA) is 76.9 Å². The number of hydrogen-bond acceptors (Lipinski definition) is 5. The first-order valence-electron chi connectivity index (χ1n) is 6.93. The highest BCUT2D eigenvalue weighted by atomic mass is 32.2. The van der Waals surface area contributed by atoms with Gasteiger partial charge in [-0.05, 0) is 0 Å². The minimum absolute atomic E-state index is 0.0877. The lowest BCUT2D eigenvalue weighted by atomic mass is 10.2. The number of aromatic nitrogens is 3. The number of nitrogens with one attached hydrogen (secondary N) is 1. The van der Waals surface area contributed by atoms with Crippen molar-refractivity contribution in [2.45, 2.75) is 12.5 Å². The summed E-state index contributed by atoms with van der Waals surface area (Å²) in [4.78, 5) is 4.54. The third kappa shape index (κ3) is 3.30. The van der Waals surface area contributed by atoms with Gasteiger partial charge in [0.1, 0.15) is 5.82 Å². The Morgan fingerprint density at radius 1 is 1.33 bits per heavy atom. The molecule has 0 radical (unpaired) electrons. The molecule has 112 valence electrons. The first-order chi connectivity index (χ1) is 10.0. The minimum atomic E-state index is -2.93. The maximum atomic E-state index is 11.7. The summed E-state index contributed by atoms with van der Waals surface area (Å²) in [6.07, 6.45) is 0.565. The second-order valence-corrected chi connectivity index (χ2v) is 7.54. The van der Waals surface area contributed by atoms with Gasteiger partial charge in [-0.3, -0.25) is 4.68 Å². The van der Waals surface area contributed by atoms with Crippen LogP contribution >= 0.6 is 0 Å². The molecule has 1 unspecified atom stereocenters. The van der Waals surface area contributed by atoms with E-state index >= 15 is 0 Å². The second-order valence-electron chi connectivity index (χ2n) is 5.31. The molecule has 1 N–H and O–H groups in total. The Hall–Kier alpha value is -1.73. The van der Waals surface area contributed by atoms with Crippen molar-refractivity contribution in [1.82, 2.24) is 20.1 Å². The summed E-state index contributed by atoms with van der Waals surface area (Å²) < 4.78 is 25.1. The Balaban J connectivity index is 1.79. The average Bonchev–Trinajstić information content (AvgIpc) is 2.80. The standard InChI is InChI=1S/C14H18N4O2S/c1-18-13(9-12-10-21(19,20)8-7-15-12)16-14(17-18)11-5-3-2-4-6-11/h2-6,12,15H,7-10H2,1H3. The van der Waals surface area contributed by atoms with E-state index in [0.29, 0.717) is 18.8 Å². The first-order valence-corrected chi connectivity index (χ1v) is 8.75. The molecule has 0 spiro atoms. The summed E-state index contributed by atoms with van der Waals surface area (Å²) in [5, 5.41) is 7.65. The molecule has 0 amide bonds. The largest absolute Gasteiger partial charge is 0.312 e. The van der Waals surface area contributed by atoms with E-state index in [0.717, 1.165) is 11.4 Å². The van der Waals surface area contributed by atoms with E-state index in [-0.39, 0.29) is 17.5 Å². The van der Waals surface area contributed by atoms with E-state index in [4.69, 9.17) is 0 Å². The molecule has 0 saturated carbocycles. The smallest absolute Gasteiger partial charge is 0.181 e. The van der Waals surface area contributed by atoms with Crippen LogP contribution < -0.4 is 5.32 Å². The van der Waals surface area contributed by atoms with E-state index in [9.17, 15) is 8.42 Å². The summed E-state index contributed by atoms with van der Waals surface area (Å²) in [7, 11) is -1.09. The molecule has 1 aliphatic heterocycles. The van der Waals surface area contributed by atoms with Gasteiger partial charge in [0.05, 0.1) is 11.5 Å². The van der Waals surface area contributed by atoms with Crippen LogP contribution in [0.25, 0.3) is 11.4 Å². The number of hydrogen-bond donors (Lipinski definition) is 1. The van der Waals surface area contributed by atoms with Gasteiger partial charge in [0, 0.05) is 31.6 Å². The highest BCUT2D eigenvalue weighted by molar-refractivity contribution is 7.91. The first kappa shape index (κ1) is 14.2. The number of nitrogens with zero attached hydrogens (tertiary/aromatic N) is 3. The SMILES string of the molecule is Cn1nc(-c2ccccc2)nc1CC1CS(=O)(=O)CCN1. The Morgan fingerprint density at radius 3 is 2.81 bits per heavy atom. The minimum Gasteiger partial charge on any atom is -0.312 e. The molecule has 2 heterocycles. The van der Waals surface area contributed by atoms with Gasteiger partial charge in [-0.15, -0.1) is 0 Å². The van der Waals surface area contributed by atoms with Crippen LogP contribution in [0.15, 0.2) is 30.3 Å². The Morgan fingerprint density at radius 2 is 2.10 bits per heavy atom. The molecule has 1 aliphatic rings. The monoisotopic (exact) mass is 306 g/mol. The molecule has 3 rings (SSSR count). The lowest BCUT2D eigenvalue weighted by Gasteiger charge is -2.22. The van der Waals surface area contributed by atoms with Gasteiger partial charge in [-0.1, -0.05) is 30.3 Å². The fourth-order valence-electron chi connectivity index (χ4n) is 2.52. The van der Waals surface area contributed by atoms with Crippen LogP contribution in [-0.4, -0.2) is 47.3 Å². The van der Waals surface area contributed by atoms with Crippen LogP contribution in [-0.2, 0) is 23.3 Å². The average molecular weight is 306 g/mol. The molecular weight excluding hydrogens is 288 g/mol. The van der Waals surface area contributed by atoms with Crippen molar-refractivity contribution in [3.63, 3.8) is 0 Å². The third-order valence-electron chi connectivity index (χ3n) is 3.62. The van der Waals surface area contributed by atoms with Gasteiger partial charge in [0.15, 0.2) is 15.7 Å². The summed E-state index contributed by atoms with van der Waals surface area (Å²) >= 11 is 0. The summed E-state index contributed by atoms with van der Waals surface area (Å²) in [6.45, 7) is 0.510. The van der Waals surface area contributed by atoms with E-state index in [1.54, 1.807) is 4.68 Å². The Bertz CT molecular complexity index is 725. The maximum absolute atomic E-state index is 11.7. The van der Waals surface area contributed by atoms with Gasteiger partial charge >= 0.3 is 0 Å². The zero-order valence-electron chi connectivity index (χ0n) is 11.9. The zero-order valence-corrected chi connectivity index (χ0v) is 12.7. The molecule has 7 heteroatoms. The molecule has 2 aromatic rings. The molecule has 1 aromatic heterocycles. The molecule has 1 saturated heterocycles. The molecule has 0 aliphatic carbocycles. The van der Waals surface area contributed by atoms with Crippen molar-refractivity contribution in [2.75, 3.05) is 18.1 Å². The molecule has 1 atom stereocenters. The van der Waals surface area contributed by atoms with Crippen LogP contribution in [0.1, 0.15) is 5.82 Å². The summed E-state index contributed by atoms with van der Waals surface area (Å²) in [5.74, 6) is 1.85. The molecule has 6 nitrogen and oxygen atoms in total. The maximum Gasteiger partial charge on any atom is 0.181 e. The van der Waals surface area contributed by atoms with Gasteiger partial charge in [0.2, 0.25) is 0 Å². The molecule has 21 heavy (non-hydrogen) atoms. The van der Waals surface area contributed by atoms with Crippen LogP contribution in [0.2, 0.25) is 0 Å². The van der Waals surface area contributed by atoms with Crippen LogP contribution in [0.3, 0.4) is 0 Å². The normalized spacial score (nSPS) is 21.3. The quantitative estimate of drug-likeness (QED) is 0.889. The number of rotatable bonds is 3. The fraction of sp³-hybridized carbons (Fsp3) is 0.429. The molecule has 1 fully saturated rings. The van der Waals surface area contributed by atoms with Crippen LogP contribution in [0.5, 0.6) is 0 Å².